The molecule has 0 radical (unpaired) electrons. The summed E-state index contributed by atoms with van der Waals surface area (Å²) in [6.45, 7) is 5.92. The van der Waals surface area contributed by atoms with Gasteiger partial charge in [-0.05, 0) is 20.8 Å². The van der Waals surface area contributed by atoms with Gasteiger partial charge in [-0.1, -0.05) is 0 Å². The Labute approximate surface area is 78.4 Å². The fraction of sp³-hybridized carbons (Fsp3) is 0.556. The van der Waals surface area contributed by atoms with Crippen molar-refractivity contribution in [1.82, 2.24) is 5.06 Å². The number of amides is 1. The summed E-state index contributed by atoms with van der Waals surface area (Å²) in [6.07, 6.45) is 2.33. The van der Waals surface area contributed by atoms with E-state index in [-0.39, 0.29) is 11.9 Å². The number of nitrogens with zero attached hydrogens (tertiary/aromatic N) is 2. The third-order valence-corrected chi connectivity index (χ3v) is 1.25. The Hall–Kier alpha value is -1.34. The van der Waals surface area contributed by atoms with Crippen LogP contribution in [-0.4, -0.2) is 23.6 Å². The van der Waals surface area contributed by atoms with Crippen LogP contribution in [-0.2, 0) is 9.63 Å². The summed E-state index contributed by atoms with van der Waals surface area (Å²) in [5, 5.41) is 9.46. The van der Waals surface area contributed by atoms with E-state index in [1.54, 1.807) is 13.0 Å². The zero-order valence-corrected chi connectivity index (χ0v) is 8.15. The van der Waals surface area contributed by atoms with Crippen molar-refractivity contribution in [3.8, 4) is 6.07 Å². The van der Waals surface area contributed by atoms with Crippen LogP contribution in [0.1, 0.15) is 20.8 Å². The predicted octanol–water partition coefficient (Wildman–Crippen LogP) is 1.25. The van der Waals surface area contributed by atoms with E-state index >= 15 is 0 Å². The zero-order chi connectivity index (χ0) is 10.3. The molecular weight excluding hydrogens is 168 g/mol. The van der Waals surface area contributed by atoms with Crippen molar-refractivity contribution in [3.05, 3.63) is 12.2 Å². The second-order valence-electron chi connectivity index (χ2n) is 2.64. The number of hydrogen-bond donors (Lipinski definition) is 0. The first-order valence-electron chi connectivity index (χ1n) is 4.15. The average Bonchev–Trinajstić information content (AvgIpc) is 2.09. The summed E-state index contributed by atoms with van der Waals surface area (Å²) in [7, 11) is 0. The third-order valence-electron chi connectivity index (χ3n) is 1.25. The normalized spacial score (nSPS) is 10.4. The van der Waals surface area contributed by atoms with Crippen molar-refractivity contribution >= 4 is 5.91 Å². The van der Waals surface area contributed by atoms with Crippen molar-refractivity contribution in [3.63, 3.8) is 0 Å². The van der Waals surface area contributed by atoms with E-state index in [1.807, 2.05) is 13.8 Å². The van der Waals surface area contributed by atoms with Crippen LogP contribution in [0.3, 0.4) is 0 Å². The Morgan fingerprint density at radius 3 is 2.69 bits per heavy atom. The van der Waals surface area contributed by atoms with Crippen LogP contribution in [0.4, 0.5) is 0 Å². The minimum atomic E-state index is -0.307. The van der Waals surface area contributed by atoms with E-state index in [4.69, 9.17) is 10.1 Å². The summed E-state index contributed by atoms with van der Waals surface area (Å²) >= 11 is 0. The maximum absolute atomic E-state index is 11.3. The Kier molecular flexibility index (Phi) is 5.57. The molecule has 4 heteroatoms. The number of carbonyl (C=O) groups is 1. The molecule has 0 unspecified atom stereocenters. The van der Waals surface area contributed by atoms with E-state index in [2.05, 4.69) is 0 Å². The van der Waals surface area contributed by atoms with Crippen LogP contribution in [0.5, 0.6) is 0 Å². The third kappa shape index (κ3) is 4.28. The van der Waals surface area contributed by atoms with E-state index in [9.17, 15) is 4.79 Å². The van der Waals surface area contributed by atoms with Crippen LogP contribution >= 0.6 is 0 Å². The molecule has 72 valence electrons. The Morgan fingerprint density at radius 1 is 1.69 bits per heavy atom. The molecule has 0 fully saturated rings. The van der Waals surface area contributed by atoms with Crippen LogP contribution in [0, 0.1) is 11.3 Å². The standard InChI is InChI=1S/C9H14N2O2/c1-4-13-11(8(2)3)9(12)6-5-7-10/h5-6,8H,4H2,1-3H3/b6-5+. The SMILES string of the molecule is CCON(C(=O)/C=C/C#N)C(C)C. The maximum Gasteiger partial charge on any atom is 0.271 e. The summed E-state index contributed by atoms with van der Waals surface area (Å²) in [5.74, 6) is -0.307. The molecule has 4 nitrogen and oxygen atoms in total. The van der Waals surface area contributed by atoms with Crippen LogP contribution in [0.15, 0.2) is 12.2 Å². The minimum Gasteiger partial charge on any atom is -0.271 e. The molecule has 0 aliphatic rings. The number of hydroxylamine groups is 2. The zero-order valence-electron chi connectivity index (χ0n) is 8.15. The number of allylic oxidation sites excluding steroid dienone is 1. The molecule has 1 amide bonds. The highest BCUT2D eigenvalue weighted by atomic mass is 16.7. The van der Waals surface area contributed by atoms with Crippen molar-refractivity contribution in [1.29, 1.82) is 5.26 Å². The summed E-state index contributed by atoms with van der Waals surface area (Å²) in [4.78, 5) is 16.4. The highest BCUT2D eigenvalue weighted by molar-refractivity contribution is 5.87. The van der Waals surface area contributed by atoms with Gasteiger partial charge in [-0.25, -0.2) is 5.06 Å². The number of hydrogen-bond acceptors (Lipinski definition) is 3. The monoisotopic (exact) mass is 182 g/mol. The largest absolute Gasteiger partial charge is 0.271 e. The fourth-order valence-corrected chi connectivity index (χ4v) is 0.788. The number of carbonyl (C=O) groups excluding carboxylic acids is 1. The smallest absolute Gasteiger partial charge is 0.271 e. The van der Waals surface area contributed by atoms with Gasteiger partial charge in [0.2, 0.25) is 0 Å². The quantitative estimate of drug-likeness (QED) is 0.373. The first-order chi connectivity index (χ1) is 6.13. The van der Waals surface area contributed by atoms with Gasteiger partial charge in [-0.15, -0.1) is 0 Å². The van der Waals surface area contributed by atoms with E-state index < -0.39 is 0 Å². The van der Waals surface area contributed by atoms with Gasteiger partial charge in [0, 0.05) is 12.2 Å². The molecule has 0 spiro atoms. The molecule has 0 aromatic carbocycles. The molecule has 0 aliphatic carbocycles. The first-order valence-corrected chi connectivity index (χ1v) is 4.15. The molecule has 0 saturated heterocycles. The molecule has 0 atom stereocenters. The number of rotatable bonds is 4. The molecule has 0 saturated carbocycles. The van der Waals surface area contributed by atoms with Gasteiger partial charge in [0.05, 0.1) is 18.7 Å². The Balaban J connectivity index is 4.30. The lowest BCUT2D eigenvalue weighted by Gasteiger charge is -2.23. The molecule has 0 aromatic rings. The summed E-state index contributed by atoms with van der Waals surface area (Å²) in [5.41, 5.74) is 0. The van der Waals surface area contributed by atoms with E-state index in [0.717, 1.165) is 6.08 Å². The highest BCUT2D eigenvalue weighted by Crippen LogP contribution is 2.00. The van der Waals surface area contributed by atoms with Crippen LogP contribution in [0.2, 0.25) is 0 Å². The lowest BCUT2D eigenvalue weighted by atomic mass is 10.3. The van der Waals surface area contributed by atoms with Gasteiger partial charge < -0.3 is 0 Å². The van der Waals surface area contributed by atoms with Gasteiger partial charge >= 0.3 is 0 Å². The first kappa shape index (κ1) is 11.7. The second-order valence-corrected chi connectivity index (χ2v) is 2.64. The van der Waals surface area contributed by atoms with Crippen LogP contribution in [0.25, 0.3) is 0 Å². The lowest BCUT2D eigenvalue weighted by molar-refractivity contribution is -0.189. The van der Waals surface area contributed by atoms with Gasteiger partial charge in [0.25, 0.3) is 5.91 Å². The summed E-state index contributed by atoms with van der Waals surface area (Å²) < 4.78 is 0. The molecule has 0 aliphatic heterocycles. The molecule has 0 N–H and O–H groups in total. The van der Waals surface area contributed by atoms with E-state index in [0.29, 0.717) is 6.61 Å². The predicted molar refractivity (Wildman–Crippen MR) is 48.4 cm³/mol. The van der Waals surface area contributed by atoms with Crippen LogP contribution < -0.4 is 0 Å². The van der Waals surface area contributed by atoms with E-state index in [1.165, 1.54) is 11.1 Å². The van der Waals surface area contributed by atoms with Crippen molar-refractivity contribution in [2.45, 2.75) is 26.8 Å². The van der Waals surface area contributed by atoms with Crippen molar-refractivity contribution in [2.75, 3.05) is 6.61 Å². The highest BCUT2D eigenvalue weighted by Gasteiger charge is 2.14. The molecular formula is C9H14N2O2. The fourth-order valence-electron chi connectivity index (χ4n) is 0.788. The van der Waals surface area contributed by atoms with Crippen molar-refractivity contribution < 1.29 is 9.63 Å². The molecule has 0 bridgehead atoms. The molecule has 0 heterocycles. The Bertz CT molecular complexity index is 228. The number of nitriles is 1. The van der Waals surface area contributed by atoms with Crippen molar-refractivity contribution in [2.24, 2.45) is 0 Å². The minimum absolute atomic E-state index is 0.0317. The van der Waals surface area contributed by atoms with Gasteiger partial charge in [0.1, 0.15) is 0 Å². The molecule has 13 heavy (non-hydrogen) atoms. The molecule has 0 aromatic heterocycles. The van der Waals surface area contributed by atoms with Gasteiger partial charge in [-0.2, -0.15) is 5.26 Å². The second kappa shape index (κ2) is 6.21. The Morgan fingerprint density at radius 2 is 2.31 bits per heavy atom. The van der Waals surface area contributed by atoms with Gasteiger partial charge in [0.15, 0.2) is 0 Å². The lowest BCUT2D eigenvalue weighted by Crippen LogP contribution is -2.35. The van der Waals surface area contributed by atoms with Gasteiger partial charge in [-0.3, -0.25) is 9.63 Å². The topological polar surface area (TPSA) is 53.3 Å². The maximum atomic E-state index is 11.3. The average molecular weight is 182 g/mol. The molecule has 0 rings (SSSR count). The summed E-state index contributed by atoms with van der Waals surface area (Å²) in [6, 6.07) is 1.72.